The fourth-order valence-electron chi connectivity index (χ4n) is 3.91. The molecule has 24 heavy (non-hydrogen) atoms. The third kappa shape index (κ3) is 4.09. The van der Waals surface area contributed by atoms with E-state index in [1.807, 2.05) is 14.0 Å². The first-order chi connectivity index (χ1) is 11.7. The van der Waals surface area contributed by atoms with Crippen molar-refractivity contribution in [2.75, 3.05) is 38.5 Å². The maximum Gasteiger partial charge on any atom is 0.266 e. The molecule has 2 aliphatic heterocycles. The summed E-state index contributed by atoms with van der Waals surface area (Å²) >= 11 is 1.49. The molecule has 3 heterocycles. The lowest BCUT2D eigenvalue weighted by Crippen LogP contribution is -2.49. The molecule has 0 spiro atoms. The van der Waals surface area contributed by atoms with E-state index >= 15 is 0 Å². The molecule has 0 aromatic carbocycles. The lowest BCUT2D eigenvalue weighted by molar-refractivity contribution is 0.0551. The summed E-state index contributed by atoms with van der Waals surface area (Å²) in [6.07, 6.45) is 8.83. The second-order valence-electron chi connectivity index (χ2n) is 7.05. The topological polar surface area (TPSA) is 48.5 Å². The number of nitrogens with one attached hydrogen (secondary N) is 1. The first-order valence-corrected chi connectivity index (χ1v) is 10.2. The van der Waals surface area contributed by atoms with Crippen LogP contribution < -0.4 is 5.32 Å². The Morgan fingerprint density at radius 3 is 2.54 bits per heavy atom. The van der Waals surface area contributed by atoms with Gasteiger partial charge in [-0.2, -0.15) is 0 Å². The van der Waals surface area contributed by atoms with Gasteiger partial charge in [0.25, 0.3) is 5.91 Å². The third-order valence-corrected chi connectivity index (χ3v) is 6.42. The van der Waals surface area contributed by atoms with Gasteiger partial charge < -0.3 is 15.1 Å². The number of aryl methyl sites for hydroxylation is 1. The van der Waals surface area contributed by atoms with Crippen LogP contribution in [0, 0.1) is 6.92 Å². The standard InChI is InChI=1S/C18H30N4OS/c1-14-16(24-18(19-2)20-14)17(23)22-12-8-5-9-15(22)13-21-10-6-3-4-7-11-21/h15H,3-13H2,1-2H3,(H,19,20)/t15-/m0/s1. The third-order valence-electron chi connectivity index (χ3n) is 5.26. The zero-order valence-corrected chi connectivity index (χ0v) is 15.8. The van der Waals surface area contributed by atoms with E-state index in [9.17, 15) is 4.79 Å². The zero-order chi connectivity index (χ0) is 16.9. The predicted molar refractivity (Wildman–Crippen MR) is 100.0 cm³/mol. The molecule has 3 rings (SSSR count). The molecule has 1 amide bonds. The molecule has 0 saturated carbocycles. The van der Waals surface area contributed by atoms with Crippen molar-refractivity contribution < 1.29 is 4.79 Å². The number of thiazole rings is 1. The van der Waals surface area contributed by atoms with Crippen molar-refractivity contribution in [1.29, 1.82) is 0 Å². The number of aromatic nitrogens is 1. The molecule has 5 nitrogen and oxygen atoms in total. The van der Waals surface area contributed by atoms with Crippen LogP contribution in [0.2, 0.25) is 0 Å². The lowest BCUT2D eigenvalue weighted by Gasteiger charge is -2.38. The van der Waals surface area contributed by atoms with Gasteiger partial charge in [-0.05, 0) is 52.1 Å². The van der Waals surface area contributed by atoms with Gasteiger partial charge in [0.15, 0.2) is 5.13 Å². The highest BCUT2D eigenvalue weighted by Crippen LogP contribution is 2.27. The smallest absolute Gasteiger partial charge is 0.266 e. The van der Waals surface area contributed by atoms with Crippen molar-refractivity contribution in [3.05, 3.63) is 10.6 Å². The van der Waals surface area contributed by atoms with E-state index in [1.165, 1.54) is 56.5 Å². The minimum absolute atomic E-state index is 0.186. The molecule has 1 N–H and O–H groups in total. The molecule has 134 valence electrons. The average Bonchev–Trinajstić information content (AvgIpc) is 2.80. The van der Waals surface area contributed by atoms with Gasteiger partial charge in [0.1, 0.15) is 4.88 Å². The van der Waals surface area contributed by atoms with Gasteiger partial charge >= 0.3 is 0 Å². The molecule has 6 heteroatoms. The van der Waals surface area contributed by atoms with Crippen LogP contribution in [0.5, 0.6) is 0 Å². The SMILES string of the molecule is CNc1nc(C)c(C(=O)N2CCCC[C@H]2CN2CCCCCC2)s1. The van der Waals surface area contributed by atoms with Gasteiger partial charge in [-0.3, -0.25) is 4.79 Å². The Bertz CT molecular complexity index is 551. The number of anilines is 1. The first-order valence-electron chi connectivity index (χ1n) is 9.37. The Hall–Kier alpha value is -1.14. The van der Waals surface area contributed by atoms with Crippen LogP contribution in [0.4, 0.5) is 5.13 Å². The number of hydrogen-bond acceptors (Lipinski definition) is 5. The van der Waals surface area contributed by atoms with Gasteiger partial charge in [-0.15, -0.1) is 0 Å². The first kappa shape index (κ1) is 17.7. The molecular weight excluding hydrogens is 320 g/mol. The van der Waals surface area contributed by atoms with Crippen molar-refractivity contribution in [1.82, 2.24) is 14.8 Å². The predicted octanol–water partition coefficient (Wildman–Crippen LogP) is 3.36. The van der Waals surface area contributed by atoms with Gasteiger partial charge in [-0.25, -0.2) is 4.98 Å². The van der Waals surface area contributed by atoms with Gasteiger partial charge in [0.05, 0.1) is 5.69 Å². The van der Waals surface area contributed by atoms with Crippen LogP contribution in [-0.2, 0) is 0 Å². The maximum absolute atomic E-state index is 13.1. The molecule has 2 saturated heterocycles. The highest BCUT2D eigenvalue weighted by Gasteiger charge is 2.31. The van der Waals surface area contributed by atoms with E-state index < -0.39 is 0 Å². The minimum atomic E-state index is 0.186. The van der Waals surface area contributed by atoms with Gasteiger partial charge in [0.2, 0.25) is 0 Å². The van der Waals surface area contributed by atoms with E-state index in [0.717, 1.165) is 41.6 Å². The number of likely N-dealkylation sites (tertiary alicyclic amines) is 2. The van der Waals surface area contributed by atoms with Crippen molar-refractivity contribution in [3.63, 3.8) is 0 Å². The van der Waals surface area contributed by atoms with Crippen molar-refractivity contribution in [2.45, 2.75) is 57.9 Å². The number of carbonyl (C=O) groups excluding carboxylic acids is 1. The average molecular weight is 351 g/mol. The summed E-state index contributed by atoms with van der Waals surface area (Å²) in [7, 11) is 1.86. The normalized spacial score (nSPS) is 23.1. The van der Waals surface area contributed by atoms with Crippen LogP contribution >= 0.6 is 11.3 Å². The summed E-state index contributed by atoms with van der Waals surface area (Å²) < 4.78 is 0. The van der Waals surface area contributed by atoms with Crippen LogP contribution in [-0.4, -0.2) is 60.0 Å². The van der Waals surface area contributed by atoms with Crippen LogP contribution in [0.25, 0.3) is 0 Å². The second-order valence-corrected chi connectivity index (χ2v) is 8.05. The number of carbonyl (C=O) groups is 1. The zero-order valence-electron chi connectivity index (χ0n) is 15.0. The van der Waals surface area contributed by atoms with Crippen LogP contribution in [0.1, 0.15) is 60.3 Å². The fourth-order valence-corrected chi connectivity index (χ4v) is 4.78. The number of rotatable bonds is 4. The van der Waals surface area contributed by atoms with E-state index in [4.69, 9.17) is 0 Å². The Morgan fingerprint density at radius 2 is 1.88 bits per heavy atom. The minimum Gasteiger partial charge on any atom is -0.365 e. The molecule has 1 aromatic rings. The van der Waals surface area contributed by atoms with E-state index in [-0.39, 0.29) is 5.91 Å². The molecule has 2 aliphatic rings. The summed E-state index contributed by atoms with van der Waals surface area (Å²) in [4.78, 5) is 23.1. The number of nitrogens with zero attached hydrogens (tertiary/aromatic N) is 3. The van der Waals surface area contributed by atoms with Crippen molar-refractivity contribution in [3.8, 4) is 0 Å². The largest absolute Gasteiger partial charge is 0.365 e. The molecular formula is C18H30N4OS. The molecule has 1 aromatic heterocycles. The highest BCUT2D eigenvalue weighted by molar-refractivity contribution is 7.17. The van der Waals surface area contributed by atoms with Gasteiger partial charge in [-0.1, -0.05) is 24.2 Å². The number of amides is 1. The maximum atomic E-state index is 13.1. The van der Waals surface area contributed by atoms with E-state index in [1.54, 1.807) is 0 Å². The molecule has 0 bridgehead atoms. The fraction of sp³-hybridized carbons (Fsp3) is 0.778. The summed E-state index contributed by atoms with van der Waals surface area (Å²) in [5, 5.41) is 3.89. The van der Waals surface area contributed by atoms with Crippen molar-refractivity contribution in [2.24, 2.45) is 0 Å². The Morgan fingerprint density at radius 1 is 1.17 bits per heavy atom. The van der Waals surface area contributed by atoms with Crippen LogP contribution in [0.15, 0.2) is 0 Å². The Balaban J connectivity index is 1.70. The van der Waals surface area contributed by atoms with E-state index in [2.05, 4.69) is 20.1 Å². The summed E-state index contributed by atoms with van der Waals surface area (Å²) in [5.41, 5.74) is 0.855. The molecule has 0 unspecified atom stereocenters. The summed E-state index contributed by atoms with van der Waals surface area (Å²) in [5.74, 6) is 0.186. The summed E-state index contributed by atoms with van der Waals surface area (Å²) in [6.45, 7) is 6.27. The molecule has 0 radical (unpaired) electrons. The quantitative estimate of drug-likeness (QED) is 0.904. The van der Waals surface area contributed by atoms with Gasteiger partial charge in [0, 0.05) is 26.2 Å². The van der Waals surface area contributed by atoms with Crippen molar-refractivity contribution >= 4 is 22.4 Å². The molecule has 2 fully saturated rings. The molecule has 1 atom stereocenters. The number of piperidine rings is 1. The number of hydrogen-bond donors (Lipinski definition) is 1. The lowest BCUT2D eigenvalue weighted by atomic mass is 10.0. The molecule has 0 aliphatic carbocycles. The summed E-state index contributed by atoms with van der Waals surface area (Å²) in [6, 6.07) is 0.365. The van der Waals surface area contributed by atoms with Crippen LogP contribution in [0.3, 0.4) is 0 Å². The van der Waals surface area contributed by atoms with E-state index in [0.29, 0.717) is 6.04 Å². The Kier molecular flexibility index (Phi) is 6.11. The monoisotopic (exact) mass is 350 g/mol. The second kappa shape index (κ2) is 8.30. The Labute approximate surface area is 149 Å². The highest BCUT2D eigenvalue weighted by atomic mass is 32.1.